The summed E-state index contributed by atoms with van der Waals surface area (Å²) in [7, 11) is 1.36. The Morgan fingerprint density at radius 2 is 1.97 bits per heavy atom. The fraction of sp³-hybridized carbons (Fsp3) is 0.208. The Morgan fingerprint density at radius 3 is 2.66 bits per heavy atom. The van der Waals surface area contributed by atoms with E-state index in [0.717, 1.165) is 22.0 Å². The normalized spacial score (nSPS) is 11.8. The second-order valence-corrected chi connectivity index (χ2v) is 8.07. The van der Waals surface area contributed by atoms with Gasteiger partial charge in [0.1, 0.15) is 34.9 Å². The van der Waals surface area contributed by atoms with E-state index in [-0.39, 0.29) is 11.7 Å². The van der Waals surface area contributed by atoms with Gasteiger partial charge in [-0.3, -0.25) is 0 Å². The van der Waals surface area contributed by atoms with E-state index in [1.165, 1.54) is 30.6 Å². The van der Waals surface area contributed by atoms with Gasteiger partial charge < -0.3 is 14.5 Å². The summed E-state index contributed by atoms with van der Waals surface area (Å²) >= 11 is 1.54. The molecule has 4 rings (SSSR count). The maximum Gasteiger partial charge on any atom is 0.338 e. The predicted octanol–water partition coefficient (Wildman–Crippen LogP) is 4.79. The highest BCUT2D eigenvalue weighted by Gasteiger charge is 2.21. The number of aromatic amines is 1. The molecule has 0 radical (unpaired) electrons. The van der Waals surface area contributed by atoms with Crippen LogP contribution in [0.15, 0.2) is 66.4 Å². The number of carbonyl (C=O) groups excluding carboxylic acids is 1. The Morgan fingerprint density at radius 1 is 1.12 bits per heavy atom. The molecule has 1 unspecified atom stereocenters. The number of methoxy groups -OCH3 is 1. The SMILES string of the molecule is COC(=O)c1cc(OCC(c2ncc[nH]2)c2nccs2)ccc1CCc1ccc(F)cc1. The molecule has 0 amide bonds. The van der Waals surface area contributed by atoms with E-state index in [9.17, 15) is 9.18 Å². The van der Waals surface area contributed by atoms with Crippen LogP contribution in [-0.4, -0.2) is 34.6 Å². The lowest BCUT2D eigenvalue weighted by atomic mass is 9.99. The summed E-state index contributed by atoms with van der Waals surface area (Å²) in [5, 5.41) is 2.81. The van der Waals surface area contributed by atoms with Gasteiger partial charge in [-0.05, 0) is 48.2 Å². The lowest BCUT2D eigenvalue weighted by molar-refractivity contribution is 0.0599. The number of rotatable bonds is 9. The number of ether oxygens (including phenoxy) is 2. The highest BCUT2D eigenvalue weighted by Crippen LogP contribution is 2.27. The summed E-state index contributed by atoms with van der Waals surface area (Å²) in [6, 6.07) is 11.8. The molecule has 6 nitrogen and oxygen atoms in total. The number of halogens is 1. The average molecular weight is 452 g/mol. The molecule has 0 spiro atoms. The topological polar surface area (TPSA) is 77.1 Å². The zero-order chi connectivity index (χ0) is 22.3. The summed E-state index contributed by atoms with van der Waals surface area (Å²) in [6.45, 7) is 0.316. The number of aryl methyl sites for hydroxylation is 2. The average Bonchev–Trinajstić information content (AvgIpc) is 3.54. The van der Waals surface area contributed by atoms with Crippen LogP contribution >= 0.6 is 11.3 Å². The quantitative estimate of drug-likeness (QED) is 0.370. The molecule has 0 aliphatic carbocycles. The number of hydrogen-bond acceptors (Lipinski definition) is 6. The minimum atomic E-state index is -0.424. The van der Waals surface area contributed by atoms with Crippen LogP contribution in [-0.2, 0) is 17.6 Å². The summed E-state index contributed by atoms with van der Waals surface area (Å²) in [5.74, 6) is 0.487. The number of H-pyrrole nitrogens is 1. The smallest absolute Gasteiger partial charge is 0.338 e. The van der Waals surface area contributed by atoms with E-state index in [0.29, 0.717) is 30.8 Å². The van der Waals surface area contributed by atoms with Crippen molar-refractivity contribution in [1.29, 1.82) is 0 Å². The number of hydrogen-bond donors (Lipinski definition) is 1. The second-order valence-electron chi connectivity index (χ2n) is 7.15. The molecule has 8 heteroatoms. The molecule has 32 heavy (non-hydrogen) atoms. The Hall–Kier alpha value is -3.52. The van der Waals surface area contributed by atoms with Crippen LogP contribution in [0, 0.1) is 5.82 Å². The van der Waals surface area contributed by atoms with E-state index in [1.54, 1.807) is 36.8 Å². The van der Waals surface area contributed by atoms with Gasteiger partial charge in [0.25, 0.3) is 0 Å². The zero-order valence-corrected chi connectivity index (χ0v) is 18.3. The Kier molecular flexibility index (Phi) is 6.91. The van der Waals surface area contributed by atoms with Gasteiger partial charge in [-0.15, -0.1) is 11.3 Å². The molecule has 2 aromatic heterocycles. The monoisotopic (exact) mass is 451 g/mol. The number of nitrogens with zero attached hydrogens (tertiary/aromatic N) is 2. The minimum Gasteiger partial charge on any atom is -0.492 e. The van der Waals surface area contributed by atoms with E-state index >= 15 is 0 Å². The van der Waals surface area contributed by atoms with Gasteiger partial charge in [0.05, 0.1) is 12.7 Å². The predicted molar refractivity (Wildman–Crippen MR) is 120 cm³/mol. The highest BCUT2D eigenvalue weighted by atomic mass is 32.1. The van der Waals surface area contributed by atoms with Gasteiger partial charge in [-0.2, -0.15) is 0 Å². The lowest BCUT2D eigenvalue weighted by Gasteiger charge is -2.15. The van der Waals surface area contributed by atoms with Crippen LogP contribution in [0.4, 0.5) is 4.39 Å². The maximum atomic E-state index is 13.1. The first-order valence-corrected chi connectivity index (χ1v) is 11.0. The fourth-order valence-electron chi connectivity index (χ4n) is 3.41. The number of esters is 1. The zero-order valence-electron chi connectivity index (χ0n) is 17.5. The largest absolute Gasteiger partial charge is 0.492 e. The standard InChI is InChI=1S/C24H22FN3O3S/c1-30-24(29)20-14-19(9-6-17(20)5-2-16-3-7-18(25)8-4-16)31-15-21(22-26-10-11-27-22)23-28-12-13-32-23/h3-4,6-14,21H,2,5,15H2,1H3,(H,26,27). The first-order chi connectivity index (χ1) is 15.6. The van der Waals surface area contributed by atoms with Gasteiger partial charge in [0.15, 0.2) is 0 Å². The van der Waals surface area contributed by atoms with Gasteiger partial charge in [-0.1, -0.05) is 18.2 Å². The van der Waals surface area contributed by atoms with E-state index in [1.807, 2.05) is 17.5 Å². The fourth-order valence-corrected chi connectivity index (χ4v) is 4.14. The van der Waals surface area contributed by atoms with Crippen molar-refractivity contribution in [2.45, 2.75) is 18.8 Å². The number of imidazole rings is 1. The molecule has 0 fully saturated rings. The molecule has 1 N–H and O–H groups in total. The highest BCUT2D eigenvalue weighted by molar-refractivity contribution is 7.09. The number of benzene rings is 2. The third kappa shape index (κ3) is 5.20. The molecule has 0 saturated heterocycles. The van der Waals surface area contributed by atoms with Crippen LogP contribution < -0.4 is 4.74 Å². The Bertz CT molecular complexity index is 1110. The van der Waals surface area contributed by atoms with Crippen LogP contribution in [0.2, 0.25) is 0 Å². The van der Waals surface area contributed by atoms with Crippen molar-refractivity contribution in [3.05, 3.63) is 99.8 Å². The van der Waals surface area contributed by atoms with Crippen molar-refractivity contribution < 1.29 is 18.7 Å². The number of nitrogens with one attached hydrogen (secondary N) is 1. The van der Waals surface area contributed by atoms with E-state index < -0.39 is 5.97 Å². The summed E-state index contributed by atoms with van der Waals surface area (Å²) < 4.78 is 24.1. The Labute approximate surface area is 189 Å². The van der Waals surface area contributed by atoms with Crippen molar-refractivity contribution in [1.82, 2.24) is 15.0 Å². The minimum absolute atomic E-state index is 0.148. The maximum absolute atomic E-state index is 13.1. The van der Waals surface area contributed by atoms with Gasteiger partial charge in [0, 0.05) is 24.0 Å². The molecule has 4 aromatic rings. The summed E-state index contributed by atoms with van der Waals surface area (Å²) in [6.07, 6.45) is 6.50. The van der Waals surface area contributed by atoms with Gasteiger partial charge >= 0.3 is 5.97 Å². The van der Waals surface area contributed by atoms with E-state index in [2.05, 4.69) is 15.0 Å². The van der Waals surface area contributed by atoms with Crippen molar-refractivity contribution in [2.75, 3.05) is 13.7 Å². The molecule has 164 valence electrons. The first kappa shape index (κ1) is 21.7. The third-order valence-electron chi connectivity index (χ3n) is 5.10. The molecule has 0 aliphatic heterocycles. The van der Waals surface area contributed by atoms with Crippen molar-refractivity contribution >= 4 is 17.3 Å². The third-order valence-corrected chi connectivity index (χ3v) is 5.99. The molecule has 1 atom stereocenters. The molecule has 0 bridgehead atoms. The number of carbonyl (C=O) groups is 1. The second kappa shape index (κ2) is 10.2. The molecular weight excluding hydrogens is 429 g/mol. The molecular formula is C24H22FN3O3S. The molecule has 2 heterocycles. The van der Waals surface area contributed by atoms with Crippen molar-refractivity contribution in [3.8, 4) is 5.75 Å². The van der Waals surface area contributed by atoms with Gasteiger partial charge in [0.2, 0.25) is 0 Å². The van der Waals surface area contributed by atoms with Crippen LogP contribution in [0.1, 0.15) is 38.2 Å². The van der Waals surface area contributed by atoms with Crippen molar-refractivity contribution in [2.24, 2.45) is 0 Å². The number of thiazole rings is 1. The molecule has 0 aliphatic rings. The van der Waals surface area contributed by atoms with Crippen LogP contribution in [0.25, 0.3) is 0 Å². The summed E-state index contributed by atoms with van der Waals surface area (Å²) in [5.41, 5.74) is 2.29. The number of aromatic nitrogens is 3. The lowest BCUT2D eigenvalue weighted by Crippen LogP contribution is -2.14. The summed E-state index contributed by atoms with van der Waals surface area (Å²) in [4.78, 5) is 24.3. The Balaban J connectivity index is 1.50. The molecule has 0 saturated carbocycles. The van der Waals surface area contributed by atoms with Crippen molar-refractivity contribution in [3.63, 3.8) is 0 Å². The van der Waals surface area contributed by atoms with E-state index in [4.69, 9.17) is 9.47 Å². The van der Waals surface area contributed by atoms with Crippen LogP contribution in [0.3, 0.4) is 0 Å². The first-order valence-electron chi connectivity index (χ1n) is 10.1. The molecule has 2 aromatic carbocycles. The van der Waals surface area contributed by atoms with Gasteiger partial charge in [-0.25, -0.2) is 19.2 Å². The van der Waals surface area contributed by atoms with Crippen LogP contribution in [0.5, 0.6) is 5.75 Å².